The van der Waals surface area contributed by atoms with Crippen molar-refractivity contribution in [1.82, 2.24) is 9.88 Å². The number of aromatic nitrogens is 1. The predicted octanol–water partition coefficient (Wildman–Crippen LogP) is 3.46. The second-order valence-corrected chi connectivity index (χ2v) is 5.93. The first-order valence-corrected chi connectivity index (χ1v) is 7.62. The van der Waals surface area contributed by atoms with Crippen molar-refractivity contribution in [1.29, 1.82) is 0 Å². The van der Waals surface area contributed by atoms with Gasteiger partial charge in [-0.3, -0.25) is 0 Å². The largest absolute Gasteiger partial charge is 0.489 e. The highest BCUT2D eigenvalue weighted by Gasteiger charge is 2.01. The highest BCUT2D eigenvalue weighted by atomic mass is 16.5. The Balaban J connectivity index is 1.68. The molecule has 2 aromatic carbocycles. The summed E-state index contributed by atoms with van der Waals surface area (Å²) >= 11 is 0. The molecule has 3 aromatic rings. The molecule has 0 aliphatic carbocycles. The van der Waals surface area contributed by atoms with E-state index in [9.17, 15) is 0 Å². The minimum Gasteiger partial charge on any atom is -0.489 e. The number of ether oxygens (including phenoxy) is 1. The monoisotopic (exact) mass is 307 g/mol. The van der Waals surface area contributed by atoms with Crippen LogP contribution >= 0.6 is 0 Å². The lowest BCUT2D eigenvalue weighted by Crippen LogP contribution is -2.10. The maximum absolute atomic E-state index is 5.86. The lowest BCUT2D eigenvalue weighted by Gasteiger charge is -2.11. The zero-order valence-electron chi connectivity index (χ0n) is 13.5. The number of benzene rings is 2. The van der Waals surface area contributed by atoms with Gasteiger partial charge in [-0.15, -0.1) is 0 Å². The van der Waals surface area contributed by atoms with Gasteiger partial charge in [0, 0.05) is 11.9 Å². The molecule has 0 bridgehead atoms. The predicted molar refractivity (Wildman–Crippen MR) is 94.3 cm³/mol. The first-order chi connectivity index (χ1) is 11.1. The number of pyridine rings is 1. The van der Waals surface area contributed by atoms with Gasteiger partial charge >= 0.3 is 0 Å². The fraction of sp³-hybridized carbons (Fsp3) is 0.211. The van der Waals surface area contributed by atoms with Gasteiger partial charge in [-0.25, -0.2) is 4.98 Å². The standard InChI is InChI=1S/C19H21N3O/c1-22(2)12-14-4-8-17(9-5-14)23-13-15-3-6-16-7-10-19(20)21-18(16)11-15/h3-11H,12-13H2,1-2H3,(H2,20,21). The third kappa shape index (κ3) is 3.99. The van der Waals surface area contributed by atoms with E-state index in [-0.39, 0.29) is 0 Å². The number of nitrogens with two attached hydrogens (primary N) is 1. The lowest BCUT2D eigenvalue weighted by atomic mass is 10.1. The van der Waals surface area contributed by atoms with Crippen LogP contribution in [0, 0.1) is 0 Å². The molecule has 0 radical (unpaired) electrons. The average Bonchev–Trinajstić information content (AvgIpc) is 2.53. The summed E-state index contributed by atoms with van der Waals surface area (Å²) in [6.45, 7) is 1.44. The Kier molecular flexibility index (Phi) is 4.44. The summed E-state index contributed by atoms with van der Waals surface area (Å²) in [6, 6.07) is 18.1. The molecule has 0 amide bonds. The van der Waals surface area contributed by atoms with Gasteiger partial charge in [0.25, 0.3) is 0 Å². The molecule has 1 heterocycles. The zero-order chi connectivity index (χ0) is 16.2. The Hall–Kier alpha value is -2.59. The lowest BCUT2D eigenvalue weighted by molar-refractivity contribution is 0.306. The Morgan fingerprint density at radius 1 is 0.957 bits per heavy atom. The van der Waals surface area contributed by atoms with E-state index in [0.717, 1.165) is 28.8 Å². The van der Waals surface area contributed by atoms with Crippen LogP contribution in [0.25, 0.3) is 10.9 Å². The Bertz CT molecular complexity index is 797. The highest BCUT2D eigenvalue weighted by molar-refractivity contribution is 5.80. The van der Waals surface area contributed by atoms with Crippen molar-refractivity contribution in [3.8, 4) is 5.75 Å². The van der Waals surface area contributed by atoms with E-state index >= 15 is 0 Å². The van der Waals surface area contributed by atoms with Gasteiger partial charge in [0.05, 0.1) is 5.52 Å². The van der Waals surface area contributed by atoms with Gasteiger partial charge in [0.1, 0.15) is 18.2 Å². The summed E-state index contributed by atoms with van der Waals surface area (Å²) in [5.41, 5.74) is 8.99. The molecule has 4 nitrogen and oxygen atoms in total. The highest BCUT2D eigenvalue weighted by Crippen LogP contribution is 2.18. The van der Waals surface area contributed by atoms with Crippen LogP contribution in [0.1, 0.15) is 11.1 Å². The fourth-order valence-corrected chi connectivity index (χ4v) is 2.49. The smallest absolute Gasteiger partial charge is 0.124 e. The molecular formula is C19H21N3O. The SMILES string of the molecule is CN(C)Cc1ccc(OCc2ccc3ccc(N)nc3c2)cc1. The molecule has 118 valence electrons. The van der Waals surface area contributed by atoms with Gasteiger partial charge in [0.2, 0.25) is 0 Å². The topological polar surface area (TPSA) is 51.4 Å². The quantitative estimate of drug-likeness (QED) is 0.784. The number of nitrogen functional groups attached to an aromatic ring is 1. The molecule has 0 aliphatic heterocycles. The van der Waals surface area contributed by atoms with Crippen molar-refractivity contribution in [3.63, 3.8) is 0 Å². The maximum atomic E-state index is 5.86. The molecule has 1 aromatic heterocycles. The molecule has 0 saturated carbocycles. The van der Waals surface area contributed by atoms with Crippen LogP contribution < -0.4 is 10.5 Å². The van der Waals surface area contributed by atoms with Crippen molar-refractivity contribution >= 4 is 16.7 Å². The van der Waals surface area contributed by atoms with Crippen molar-refractivity contribution in [2.75, 3.05) is 19.8 Å². The molecule has 0 aliphatic rings. The van der Waals surface area contributed by atoms with Gasteiger partial charge < -0.3 is 15.4 Å². The van der Waals surface area contributed by atoms with Crippen molar-refractivity contribution in [2.24, 2.45) is 0 Å². The van der Waals surface area contributed by atoms with Crippen molar-refractivity contribution in [3.05, 3.63) is 65.7 Å². The minimum absolute atomic E-state index is 0.513. The molecule has 0 unspecified atom stereocenters. The van der Waals surface area contributed by atoms with E-state index in [1.165, 1.54) is 5.56 Å². The second-order valence-electron chi connectivity index (χ2n) is 5.93. The fourth-order valence-electron chi connectivity index (χ4n) is 2.49. The minimum atomic E-state index is 0.513. The molecule has 0 fully saturated rings. The molecule has 0 saturated heterocycles. The van der Waals surface area contributed by atoms with Gasteiger partial charge in [-0.2, -0.15) is 0 Å². The summed E-state index contributed by atoms with van der Waals surface area (Å²) < 4.78 is 5.86. The summed E-state index contributed by atoms with van der Waals surface area (Å²) in [7, 11) is 4.12. The third-order valence-electron chi connectivity index (χ3n) is 3.61. The van der Waals surface area contributed by atoms with Crippen molar-refractivity contribution in [2.45, 2.75) is 13.2 Å². The van der Waals surface area contributed by atoms with Gasteiger partial charge in [0.15, 0.2) is 0 Å². The summed E-state index contributed by atoms with van der Waals surface area (Å²) in [5.74, 6) is 1.40. The number of hydrogen-bond donors (Lipinski definition) is 1. The number of nitrogens with zero attached hydrogens (tertiary/aromatic N) is 2. The van der Waals surface area contributed by atoms with Gasteiger partial charge in [-0.1, -0.05) is 24.3 Å². The summed E-state index contributed by atoms with van der Waals surface area (Å²) in [5, 5.41) is 1.08. The normalized spacial score (nSPS) is 11.1. The van der Waals surface area contributed by atoms with Crippen LogP contribution in [-0.2, 0) is 13.2 Å². The van der Waals surface area contributed by atoms with Crippen molar-refractivity contribution < 1.29 is 4.74 Å². The molecule has 2 N–H and O–H groups in total. The van der Waals surface area contributed by atoms with Crippen LogP contribution in [0.5, 0.6) is 5.75 Å². The van der Waals surface area contributed by atoms with E-state index in [0.29, 0.717) is 12.4 Å². The van der Waals surface area contributed by atoms with E-state index < -0.39 is 0 Å². The van der Waals surface area contributed by atoms with Gasteiger partial charge in [-0.05, 0) is 55.6 Å². The summed E-state index contributed by atoms with van der Waals surface area (Å²) in [4.78, 5) is 6.49. The Morgan fingerprint density at radius 2 is 1.65 bits per heavy atom. The number of rotatable bonds is 5. The van der Waals surface area contributed by atoms with E-state index in [4.69, 9.17) is 10.5 Å². The number of hydrogen-bond acceptors (Lipinski definition) is 4. The number of fused-ring (bicyclic) bond motifs is 1. The molecule has 0 atom stereocenters. The molecule has 23 heavy (non-hydrogen) atoms. The molecule has 0 spiro atoms. The molecular weight excluding hydrogens is 286 g/mol. The first kappa shape index (κ1) is 15.3. The Labute approximate surface area is 136 Å². The Morgan fingerprint density at radius 3 is 2.39 bits per heavy atom. The first-order valence-electron chi connectivity index (χ1n) is 7.62. The zero-order valence-corrected chi connectivity index (χ0v) is 13.5. The molecule has 4 heteroatoms. The van der Waals surface area contributed by atoms with E-state index in [1.54, 1.807) is 0 Å². The third-order valence-corrected chi connectivity index (χ3v) is 3.61. The van der Waals surface area contributed by atoms with Crippen LogP contribution in [0.3, 0.4) is 0 Å². The number of anilines is 1. The average molecular weight is 307 g/mol. The van der Waals surface area contributed by atoms with E-state index in [2.05, 4.69) is 42.2 Å². The van der Waals surface area contributed by atoms with Crippen LogP contribution in [0.4, 0.5) is 5.82 Å². The molecule has 3 rings (SSSR count). The van der Waals surface area contributed by atoms with Crippen LogP contribution in [0.15, 0.2) is 54.6 Å². The maximum Gasteiger partial charge on any atom is 0.124 e. The van der Waals surface area contributed by atoms with E-state index in [1.807, 2.05) is 36.4 Å². The summed E-state index contributed by atoms with van der Waals surface area (Å²) in [6.07, 6.45) is 0. The van der Waals surface area contributed by atoms with Crippen LogP contribution in [0.2, 0.25) is 0 Å². The second kappa shape index (κ2) is 6.67. The van der Waals surface area contributed by atoms with Crippen LogP contribution in [-0.4, -0.2) is 24.0 Å².